The third-order valence-corrected chi connectivity index (χ3v) is 4.84. The van der Waals surface area contributed by atoms with Crippen LogP contribution in [0, 0.1) is 12.7 Å². The van der Waals surface area contributed by atoms with E-state index < -0.39 is 24.5 Å². The number of carbonyl (C=O) groups is 1. The van der Waals surface area contributed by atoms with Crippen LogP contribution in [-0.2, 0) is 0 Å². The Morgan fingerprint density at radius 2 is 1.97 bits per heavy atom. The molecule has 1 atom stereocenters. The van der Waals surface area contributed by atoms with E-state index in [4.69, 9.17) is 16.3 Å². The highest BCUT2D eigenvalue weighted by molar-refractivity contribution is 7.28. The number of aromatic nitrogens is 2. The second-order valence-corrected chi connectivity index (χ2v) is 7.46. The van der Waals surface area contributed by atoms with Crippen molar-refractivity contribution in [3.63, 3.8) is 0 Å². The van der Waals surface area contributed by atoms with Gasteiger partial charge in [-0.3, -0.25) is 14.8 Å². The lowest BCUT2D eigenvalue weighted by Gasteiger charge is -2.17. The molecule has 0 radical (unpaired) electrons. The summed E-state index contributed by atoms with van der Waals surface area (Å²) in [6.07, 6.45) is -1.69. The first kappa shape index (κ1) is 22.9. The molecular weight excluding hydrogens is 457 g/mol. The molecule has 1 N–H and O–H groups in total. The van der Waals surface area contributed by atoms with Crippen molar-refractivity contribution in [1.82, 2.24) is 9.97 Å². The first-order valence-corrected chi connectivity index (χ1v) is 9.68. The molecule has 0 aliphatic heterocycles. The molecule has 0 saturated heterocycles. The van der Waals surface area contributed by atoms with Gasteiger partial charge in [-0.1, -0.05) is 17.7 Å². The van der Waals surface area contributed by atoms with E-state index >= 15 is 0 Å². The predicted molar refractivity (Wildman–Crippen MR) is 112 cm³/mol. The van der Waals surface area contributed by atoms with E-state index in [2.05, 4.69) is 24.5 Å². The quantitative estimate of drug-likeness (QED) is 0.423. The monoisotopic (exact) mass is 471 g/mol. The second-order valence-electron chi connectivity index (χ2n) is 6.43. The number of nitrogens with one attached hydrogen (secondary N) is 1. The van der Waals surface area contributed by atoms with Gasteiger partial charge in [0.15, 0.2) is 6.61 Å². The van der Waals surface area contributed by atoms with Crippen molar-refractivity contribution in [3.8, 4) is 17.0 Å². The maximum Gasteiger partial charge on any atom is 0.422 e. The van der Waals surface area contributed by atoms with Crippen LogP contribution in [0.1, 0.15) is 16.1 Å². The van der Waals surface area contributed by atoms with Crippen LogP contribution in [0.15, 0.2) is 42.7 Å². The zero-order chi connectivity index (χ0) is 22.8. The molecule has 162 valence electrons. The van der Waals surface area contributed by atoms with E-state index in [-0.39, 0.29) is 22.0 Å². The van der Waals surface area contributed by atoms with Gasteiger partial charge in [-0.25, -0.2) is 4.39 Å². The number of halogens is 5. The lowest BCUT2D eigenvalue weighted by molar-refractivity contribution is -0.153. The summed E-state index contributed by atoms with van der Waals surface area (Å²) in [5.41, 5.74) is 0.888. The predicted octanol–water partition coefficient (Wildman–Crippen LogP) is 4.94. The minimum atomic E-state index is -4.63. The number of anilines is 1. The van der Waals surface area contributed by atoms with Gasteiger partial charge in [0.1, 0.15) is 11.6 Å². The lowest BCUT2D eigenvalue weighted by atomic mass is 10.1. The fourth-order valence-electron chi connectivity index (χ4n) is 2.60. The Bertz CT molecular complexity index is 1100. The zero-order valence-electron chi connectivity index (χ0n) is 15.9. The number of ether oxygens (including phenoxy) is 1. The van der Waals surface area contributed by atoms with Crippen LogP contribution in [0.5, 0.6) is 5.75 Å². The number of rotatable bonds is 5. The number of nitrogens with zero attached hydrogens (tertiary/aromatic N) is 2. The number of amides is 1. The Kier molecular flexibility index (Phi) is 6.77. The van der Waals surface area contributed by atoms with Crippen LogP contribution in [0.4, 0.5) is 23.2 Å². The average molecular weight is 472 g/mol. The largest absolute Gasteiger partial charge is 0.483 e. The highest BCUT2D eigenvalue weighted by Gasteiger charge is 2.30. The molecule has 0 saturated carbocycles. The highest BCUT2D eigenvalue weighted by atomic mass is 35.5. The van der Waals surface area contributed by atoms with E-state index in [1.165, 1.54) is 36.7 Å². The van der Waals surface area contributed by atoms with Crippen molar-refractivity contribution in [2.75, 3.05) is 11.9 Å². The normalized spacial score (nSPS) is 11.3. The summed E-state index contributed by atoms with van der Waals surface area (Å²) in [5, 5.41) is 2.66. The molecule has 3 aromatic rings. The van der Waals surface area contributed by atoms with Crippen LogP contribution in [0.2, 0.25) is 5.02 Å². The molecule has 0 spiro atoms. The summed E-state index contributed by atoms with van der Waals surface area (Å²) < 4.78 is 57.2. The van der Waals surface area contributed by atoms with E-state index in [0.717, 1.165) is 6.07 Å². The molecule has 2 aromatic carbocycles. The number of hydrogen-bond acceptors (Lipinski definition) is 4. The van der Waals surface area contributed by atoms with Crippen LogP contribution in [0.3, 0.4) is 0 Å². The summed E-state index contributed by atoms with van der Waals surface area (Å²) in [6, 6.07) is 6.36. The van der Waals surface area contributed by atoms with Crippen LogP contribution in [0.25, 0.3) is 11.3 Å². The van der Waals surface area contributed by atoms with Gasteiger partial charge in [-0.2, -0.15) is 13.2 Å². The number of para-hydroxylation sites is 1. The molecule has 5 nitrogen and oxygen atoms in total. The molecule has 0 aliphatic carbocycles. The molecule has 1 unspecified atom stereocenters. The van der Waals surface area contributed by atoms with Gasteiger partial charge in [0.25, 0.3) is 5.91 Å². The summed E-state index contributed by atoms with van der Waals surface area (Å²) in [5.74, 6) is -2.04. The highest BCUT2D eigenvalue weighted by Crippen LogP contribution is 2.30. The Labute approximate surface area is 182 Å². The fourth-order valence-corrected chi connectivity index (χ4v) is 3.21. The van der Waals surface area contributed by atoms with E-state index in [1.54, 1.807) is 6.92 Å². The molecular formula is C20H15ClF4N3O2P. The number of aryl methyl sites for hydroxylation is 1. The number of carbonyl (C=O) groups excluding carboxylic acids is 1. The van der Waals surface area contributed by atoms with Crippen molar-refractivity contribution in [2.45, 2.75) is 13.1 Å². The Morgan fingerprint density at radius 3 is 2.58 bits per heavy atom. The first-order valence-electron chi connectivity index (χ1n) is 8.72. The summed E-state index contributed by atoms with van der Waals surface area (Å²) in [4.78, 5) is 21.1. The standard InChI is InChI=1S/C20H15ClF4N3O2P/c1-10-7-27-15(8-26-10)11-5-16(30-9-20(23,24)25)12(6-17(11)31)19(29)28-18-13(21)3-2-4-14(18)22/h2-8H,9,31H2,1H3,(H,28,29). The lowest BCUT2D eigenvalue weighted by Crippen LogP contribution is -2.22. The average Bonchev–Trinajstić information content (AvgIpc) is 2.69. The van der Waals surface area contributed by atoms with Crippen molar-refractivity contribution in [1.29, 1.82) is 0 Å². The second kappa shape index (κ2) is 9.16. The van der Waals surface area contributed by atoms with Crippen LogP contribution >= 0.6 is 20.8 Å². The van der Waals surface area contributed by atoms with E-state index in [1.807, 2.05) is 0 Å². The Balaban J connectivity index is 2.04. The van der Waals surface area contributed by atoms with Crippen molar-refractivity contribution in [3.05, 3.63) is 64.8 Å². The molecule has 1 amide bonds. The molecule has 3 rings (SSSR count). The van der Waals surface area contributed by atoms with Gasteiger partial charge in [0.05, 0.1) is 33.9 Å². The summed E-state index contributed by atoms with van der Waals surface area (Å²) >= 11 is 5.92. The van der Waals surface area contributed by atoms with Crippen molar-refractivity contribution >= 4 is 37.7 Å². The van der Waals surface area contributed by atoms with Crippen molar-refractivity contribution < 1.29 is 27.1 Å². The van der Waals surface area contributed by atoms with E-state index in [0.29, 0.717) is 22.3 Å². The van der Waals surface area contributed by atoms with Gasteiger partial charge in [-0.15, -0.1) is 9.24 Å². The summed E-state index contributed by atoms with van der Waals surface area (Å²) in [6.45, 7) is 0.112. The molecule has 1 heterocycles. The third kappa shape index (κ3) is 5.68. The minimum Gasteiger partial charge on any atom is -0.483 e. The summed E-state index contributed by atoms with van der Waals surface area (Å²) in [7, 11) is 2.38. The van der Waals surface area contributed by atoms with Crippen LogP contribution in [-0.4, -0.2) is 28.7 Å². The first-order chi connectivity index (χ1) is 14.5. The third-order valence-electron chi connectivity index (χ3n) is 4.05. The molecule has 0 aliphatic rings. The molecule has 11 heteroatoms. The maximum atomic E-state index is 14.0. The van der Waals surface area contributed by atoms with Gasteiger partial charge < -0.3 is 10.1 Å². The van der Waals surface area contributed by atoms with Gasteiger partial charge in [0, 0.05) is 11.8 Å². The van der Waals surface area contributed by atoms with Gasteiger partial charge in [0.2, 0.25) is 0 Å². The maximum absolute atomic E-state index is 14.0. The molecule has 0 bridgehead atoms. The SMILES string of the molecule is Cc1cnc(-c2cc(OCC(F)(F)F)c(C(=O)Nc3c(F)cccc3Cl)cc2P)cn1. The number of alkyl halides is 3. The zero-order valence-corrected chi connectivity index (χ0v) is 17.8. The van der Waals surface area contributed by atoms with Gasteiger partial charge in [-0.05, 0) is 36.5 Å². The Hall–Kier alpha value is -2.77. The Morgan fingerprint density at radius 1 is 1.23 bits per heavy atom. The molecule has 0 fully saturated rings. The molecule has 1 aromatic heterocycles. The van der Waals surface area contributed by atoms with Gasteiger partial charge >= 0.3 is 6.18 Å². The smallest absolute Gasteiger partial charge is 0.422 e. The number of hydrogen-bond donors (Lipinski definition) is 1. The van der Waals surface area contributed by atoms with Crippen LogP contribution < -0.4 is 15.4 Å². The fraction of sp³-hybridized carbons (Fsp3) is 0.150. The topological polar surface area (TPSA) is 64.1 Å². The molecule has 31 heavy (non-hydrogen) atoms. The van der Waals surface area contributed by atoms with E-state index in [9.17, 15) is 22.4 Å². The number of benzene rings is 2. The van der Waals surface area contributed by atoms with Crippen molar-refractivity contribution in [2.24, 2.45) is 0 Å². The minimum absolute atomic E-state index is 0.0660.